The standard InChI is InChI=1S/C15H20N4O2/c1-3-17-14(20)10-19(4-2)11-15(21)18-13-7-5-6-12(8-13)9-16/h5-8H,3-4,10-11H2,1-2H3,(H,17,20)(H,18,21). The lowest BCUT2D eigenvalue weighted by Crippen LogP contribution is -2.41. The molecule has 0 aliphatic carbocycles. The van der Waals surface area contributed by atoms with Crippen LogP contribution in [0.3, 0.4) is 0 Å². The van der Waals surface area contributed by atoms with Crippen molar-refractivity contribution in [3.63, 3.8) is 0 Å². The number of nitriles is 1. The Morgan fingerprint density at radius 2 is 1.95 bits per heavy atom. The molecule has 1 rings (SSSR count). The molecule has 0 saturated carbocycles. The summed E-state index contributed by atoms with van der Waals surface area (Å²) in [6.07, 6.45) is 0. The zero-order valence-electron chi connectivity index (χ0n) is 12.3. The molecule has 0 heterocycles. The van der Waals surface area contributed by atoms with Crippen molar-refractivity contribution in [1.82, 2.24) is 10.2 Å². The lowest BCUT2D eigenvalue weighted by atomic mass is 10.2. The normalized spacial score (nSPS) is 10.0. The highest BCUT2D eigenvalue weighted by atomic mass is 16.2. The van der Waals surface area contributed by atoms with Gasteiger partial charge in [-0.05, 0) is 31.7 Å². The molecule has 2 N–H and O–H groups in total. The summed E-state index contributed by atoms with van der Waals surface area (Å²) in [7, 11) is 0. The summed E-state index contributed by atoms with van der Waals surface area (Å²) in [5.41, 5.74) is 1.07. The number of anilines is 1. The van der Waals surface area contributed by atoms with E-state index in [1.54, 1.807) is 29.2 Å². The van der Waals surface area contributed by atoms with Crippen LogP contribution >= 0.6 is 0 Å². The van der Waals surface area contributed by atoms with Crippen LogP contribution in [0.5, 0.6) is 0 Å². The van der Waals surface area contributed by atoms with Crippen LogP contribution < -0.4 is 10.6 Å². The third kappa shape index (κ3) is 6.06. The highest BCUT2D eigenvalue weighted by Gasteiger charge is 2.12. The van der Waals surface area contributed by atoms with Gasteiger partial charge in [0.1, 0.15) is 0 Å². The molecular formula is C15H20N4O2. The topological polar surface area (TPSA) is 85.2 Å². The number of carbonyl (C=O) groups is 2. The van der Waals surface area contributed by atoms with Gasteiger partial charge in [0.15, 0.2) is 0 Å². The molecule has 6 heteroatoms. The third-order valence-corrected chi connectivity index (χ3v) is 2.83. The van der Waals surface area contributed by atoms with Crippen molar-refractivity contribution < 1.29 is 9.59 Å². The molecule has 0 bridgehead atoms. The van der Waals surface area contributed by atoms with E-state index in [2.05, 4.69) is 10.6 Å². The van der Waals surface area contributed by atoms with Gasteiger partial charge in [0.2, 0.25) is 11.8 Å². The summed E-state index contributed by atoms with van der Waals surface area (Å²) >= 11 is 0. The third-order valence-electron chi connectivity index (χ3n) is 2.83. The van der Waals surface area contributed by atoms with Gasteiger partial charge in [0.25, 0.3) is 0 Å². The molecule has 0 radical (unpaired) electrons. The van der Waals surface area contributed by atoms with Gasteiger partial charge < -0.3 is 10.6 Å². The minimum Gasteiger partial charge on any atom is -0.355 e. The van der Waals surface area contributed by atoms with Crippen LogP contribution in [-0.4, -0.2) is 42.9 Å². The van der Waals surface area contributed by atoms with Crippen molar-refractivity contribution in [3.8, 4) is 6.07 Å². The molecule has 0 unspecified atom stereocenters. The Labute approximate surface area is 124 Å². The summed E-state index contributed by atoms with van der Waals surface area (Å²) in [6.45, 7) is 5.23. The van der Waals surface area contributed by atoms with Crippen LogP contribution in [-0.2, 0) is 9.59 Å². The second kappa shape index (κ2) is 8.72. The molecule has 2 amide bonds. The minimum absolute atomic E-state index is 0.0985. The smallest absolute Gasteiger partial charge is 0.238 e. The molecule has 0 atom stereocenters. The molecule has 0 saturated heterocycles. The minimum atomic E-state index is -0.212. The number of hydrogen-bond donors (Lipinski definition) is 2. The average Bonchev–Trinajstić information content (AvgIpc) is 2.46. The maximum atomic E-state index is 12.0. The zero-order chi connectivity index (χ0) is 15.7. The predicted octanol–water partition coefficient (Wildman–Crippen LogP) is 0.955. The molecule has 1 aromatic carbocycles. The molecule has 0 aromatic heterocycles. The second-order valence-electron chi connectivity index (χ2n) is 4.50. The van der Waals surface area contributed by atoms with E-state index >= 15 is 0 Å². The van der Waals surface area contributed by atoms with Crippen LogP contribution in [0.4, 0.5) is 5.69 Å². The van der Waals surface area contributed by atoms with E-state index in [9.17, 15) is 9.59 Å². The van der Waals surface area contributed by atoms with E-state index in [-0.39, 0.29) is 24.9 Å². The van der Waals surface area contributed by atoms with Gasteiger partial charge in [-0.15, -0.1) is 0 Å². The fourth-order valence-corrected chi connectivity index (χ4v) is 1.81. The maximum absolute atomic E-state index is 12.0. The van der Waals surface area contributed by atoms with Gasteiger partial charge in [0.05, 0.1) is 24.7 Å². The molecular weight excluding hydrogens is 268 g/mol. The highest BCUT2D eigenvalue weighted by molar-refractivity contribution is 5.92. The Morgan fingerprint density at radius 1 is 1.24 bits per heavy atom. The maximum Gasteiger partial charge on any atom is 0.238 e. The van der Waals surface area contributed by atoms with Crippen molar-refractivity contribution >= 4 is 17.5 Å². The first-order valence-electron chi connectivity index (χ1n) is 6.88. The Kier molecular flexibility index (Phi) is 6.92. The number of rotatable bonds is 7. The van der Waals surface area contributed by atoms with Gasteiger partial charge in [-0.25, -0.2) is 0 Å². The monoisotopic (exact) mass is 288 g/mol. The number of carbonyl (C=O) groups excluding carboxylic acids is 2. The summed E-state index contributed by atoms with van der Waals surface area (Å²) in [5, 5.41) is 14.2. The van der Waals surface area contributed by atoms with Crippen LogP contribution in [0.2, 0.25) is 0 Å². The van der Waals surface area contributed by atoms with Gasteiger partial charge in [0, 0.05) is 12.2 Å². The molecule has 112 valence electrons. The van der Waals surface area contributed by atoms with Gasteiger partial charge in [-0.2, -0.15) is 5.26 Å². The molecule has 0 aliphatic heterocycles. The number of hydrogen-bond acceptors (Lipinski definition) is 4. The molecule has 0 fully saturated rings. The second-order valence-corrected chi connectivity index (χ2v) is 4.50. The average molecular weight is 288 g/mol. The lowest BCUT2D eigenvalue weighted by Gasteiger charge is -2.19. The number of likely N-dealkylation sites (N-methyl/N-ethyl adjacent to an activating group) is 2. The molecule has 0 spiro atoms. The van der Waals surface area contributed by atoms with Crippen molar-refractivity contribution in [3.05, 3.63) is 29.8 Å². The Hall–Kier alpha value is -2.39. The van der Waals surface area contributed by atoms with Crippen LogP contribution in [0, 0.1) is 11.3 Å². The highest BCUT2D eigenvalue weighted by Crippen LogP contribution is 2.09. The zero-order valence-corrected chi connectivity index (χ0v) is 12.3. The first-order chi connectivity index (χ1) is 10.1. The molecule has 0 aliphatic rings. The first kappa shape index (κ1) is 16.7. The van der Waals surface area contributed by atoms with Crippen molar-refractivity contribution in [2.24, 2.45) is 0 Å². The SMILES string of the molecule is CCNC(=O)CN(CC)CC(=O)Nc1cccc(C#N)c1. The molecule has 21 heavy (non-hydrogen) atoms. The predicted molar refractivity (Wildman–Crippen MR) is 80.6 cm³/mol. The Balaban J connectivity index is 2.54. The summed E-state index contributed by atoms with van der Waals surface area (Å²) in [4.78, 5) is 25.2. The number of nitrogens with one attached hydrogen (secondary N) is 2. The summed E-state index contributed by atoms with van der Waals surface area (Å²) < 4.78 is 0. The number of nitrogens with zero attached hydrogens (tertiary/aromatic N) is 2. The van der Waals surface area contributed by atoms with Crippen LogP contribution in [0.1, 0.15) is 19.4 Å². The van der Waals surface area contributed by atoms with Crippen LogP contribution in [0.15, 0.2) is 24.3 Å². The van der Waals surface area contributed by atoms with E-state index in [0.29, 0.717) is 24.3 Å². The fraction of sp³-hybridized carbons (Fsp3) is 0.400. The quantitative estimate of drug-likeness (QED) is 0.782. The largest absolute Gasteiger partial charge is 0.355 e. The van der Waals surface area contributed by atoms with Gasteiger partial charge in [-0.3, -0.25) is 14.5 Å². The fourth-order valence-electron chi connectivity index (χ4n) is 1.81. The van der Waals surface area contributed by atoms with E-state index in [1.165, 1.54) is 0 Å². The lowest BCUT2D eigenvalue weighted by molar-refractivity contribution is -0.123. The van der Waals surface area contributed by atoms with Crippen molar-refractivity contribution in [2.45, 2.75) is 13.8 Å². The van der Waals surface area contributed by atoms with Crippen LogP contribution in [0.25, 0.3) is 0 Å². The van der Waals surface area contributed by atoms with E-state index < -0.39 is 0 Å². The molecule has 6 nitrogen and oxygen atoms in total. The summed E-state index contributed by atoms with van der Waals surface area (Å²) in [6, 6.07) is 8.73. The Morgan fingerprint density at radius 3 is 2.57 bits per heavy atom. The number of amides is 2. The van der Waals surface area contributed by atoms with E-state index in [4.69, 9.17) is 5.26 Å². The van der Waals surface area contributed by atoms with E-state index in [0.717, 1.165) is 0 Å². The van der Waals surface area contributed by atoms with Crippen molar-refractivity contribution in [2.75, 3.05) is 31.5 Å². The number of benzene rings is 1. The van der Waals surface area contributed by atoms with Gasteiger partial charge in [-0.1, -0.05) is 13.0 Å². The van der Waals surface area contributed by atoms with Crippen molar-refractivity contribution in [1.29, 1.82) is 5.26 Å². The first-order valence-corrected chi connectivity index (χ1v) is 6.88. The van der Waals surface area contributed by atoms with Gasteiger partial charge >= 0.3 is 0 Å². The van der Waals surface area contributed by atoms with E-state index in [1.807, 2.05) is 19.9 Å². The Bertz CT molecular complexity index is 537. The molecule has 1 aromatic rings. The summed E-state index contributed by atoms with van der Waals surface area (Å²) in [5.74, 6) is -0.310.